The Hall–Kier alpha value is -1.10. The van der Waals surface area contributed by atoms with Crippen molar-refractivity contribution in [2.24, 2.45) is 17.6 Å². The first-order valence-electron chi connectivity index (χ1n) is 9.95. The van der Waals surface area contributed by atoms with E-state index in [0.717, 1.165) is 45.2 Å². The molecule has 0 bridgehead atoms. The lowest BCUT2D eigenvalue weighted by molar-refractivity contribution is -0.137. The smallest absolute Gasteiger partial charge is 0.225 e. The molecule has 0 spiro atoms. The Kier molecular flexibility index (Phi) is 6.14. The van der Waals surface area contributed by atoms with Crippen LogP contribution >= 0.6 is 0 Å². The van der Waals surface area contributed by atoms with E-state index in [9.17, 15) is 9.59 Å². The molecule has 0 aromatic rings. The molecule has 24 heavy (non-hydrogen) atoms. The Morgan fingerprint density at radius 1 is 0.833 bits per heavy atom. The minimum atomic E-state index is 0.106. The zero-order valence-electron chi connectivity index (χ0n) is 14.9. The quantitative estimate of drug-likeness (QED) is 0.859. The van der Waals surface area contributed by atoms with E-state index in [2.05, 4.69) is 0 Å². The van der Waals surface area contributed by atoms with Gasteiger partial charge in [-0.15, -0.1) is 0 Å². The number of hydrogen-bond acceptors (Lipinski definition) is 3. The van der Waals surface area contributed by atoms with Crippen LogP contribution in [0.4, 0.5) is 0 Å². The highest BCUT2D eigenvalue weighted by Crippen LogP contribution is 2.28. The summed E-state index contributed by atoms with van der Waals surface area (Å²) in [5, 5.41) is 0. The lowest BCUT2D eigenvalue weighted by atomic mass is 9.85. The fraction of sp³-hybridized carbons (Fsp3) is 0.895. The van der Waals surface area contributed by atoms with Crippen LogP contribution in [0.2, 0.25) is 0 Å². The van der Waals surface area contributed by atoms with E-state index in [4.69, 9.17) is 5.73 Å². The lowest BCUT2D eigenvalue weighted by Gasteiger charge is -2.31. The van der Waals surface area contributed by atoms with Crippen LogP contribution in [0.1, 0.15) is 64.2 Å². The highest BCUT2D eigenvalue weighted by molar-refractivity contribution is 5.79. The predicted octanol–water partition coefficient (Wildman–Crippen LogP) is 2.15. The third-order valence-electron chi connectivity index (χ3n) is 6.16. The van der Waals surface area contributed by atoms with E-state index >= 15 is 0 Å². The predicted molar refractivity (Wildman–Crippen MR) is 94.3 cm³/mol. The Labute approximate surface area is 145 Å². The largest absolute Gasteiger partial charge is 0.341 e. The second-order valence-electron chi connectivity index (χ2n) is 8.04. The first-order chi connectivity index (χ1) is 11.6. The van der Waals surface area contributed by atoms with Crippen LogP contribution in [0.5, 0.6) is 0 Å². The highest BCUT2D eigenvalue weighted by Gasteiger charge is 2.31. The van der Waals surface area contributed by atoms with Gasteiger partial charge in [0.25, 0.3) is 0 Å². The Bertz CT molecular complexity index is 448. The summed E-state index contributed by atoms with van der Waals surface area (Å²) in [6, 6.07) is 0.184. The van der Waals surface area contributed by atoms with Crippen molar-refractivity contribution in [3.05, 3.63) is 0 Å². The number of carbonyl (C=O) groups is 2. The van der Waals surface area contributed by atoms with Crippen molar-refractivity contribution in [1.29, 1.82) is 0 Å². The average molecular weight is 335 g/mol. The molecule has 1 aliphatic heterocycles. The molecule has 0 aromatic heterocycles. The van der Waals surface area contributed by atoms with E-state index < -0.39 is 0 Å². The summed E-state index contributed by atoms with van der Waals surface area (Å²) in [6.45, 7) is 2.99. The SMILES string of the molecule is NC1CCCC(C(=O)N2CCCN(C(=O)CC3CCCC3)CC2)C1. The summed E-state index contributed by atoms with van der Waals surface area (Å²) in [5.41, 5.74) is 6.04. The van der Waals surface area contributed by atoms with Crippen LogP contribution in [0.3, 0.4) is 0 Å². The topological polar surface area (TPSA) is 66.6 Å². The van der Waals surface area contributed by atoms with E-state index in [0.29, 0.717) is 31.3 Å². The van der Waals surface area contributed by atoms with Crippen LogP contribution in [-0.4, -0.2) is 53.8 Å². The van der Waals surface area contributed by atoms with Crippen LogP contribution in [0.25, 0.3) is 0 Å². The molecule has 1 heterocycles. The maximum atomic E-state index is 12.8. The van der Waals surface area contributed by atoms with Crippen LogP contribution in [-0.2, 0) is 9.59 Å². The molecule has 5 nitrogen and oxygen atoms in total. The fourth-order valence-corrected chi connectivity index (χ4v) is 4.69. The summed E-state index contributed by atoms with van der Waals surface area (Å²) < 4.78 is 0. The van der Waals surface area contributed by atoms with Gasteiger partial charge in [-0.1, -0.05) is 19.3 Å². The Morgan fingerprint density at radius 3 is 2.29 bits per heavy atom. The Balaban J connectivity index is 1.48. The van der Waals surface area contributed by atoms with Crippen LogP contribution in [0.15, 0.2) is 0 Å². The van der Waals surface area contributed by atoms with Crippen molar-refractivity contribution < 1.29 is 9.59 Å². The second kappa shape index (κ2) is 8.32. The number of hydrogen-bond donors (Lipinski definition) is 1. The van der Waals surface area contributed by atoms with E-state index in [1.54, 1.807) is 0 Å². The van der Waals surface area contributed by atoms with Crippen molar-refractivity contribution in [2.45, 2.75) is 70.3 Å². The maximum Gasteiger partial charge on any atom is 0.225 e. The number of amides is 2. The van der Waals surface area contributed by atoms with Gasteiger partial charge in [-0.05, 0) is 44.4 Å². The third kappa shape index (κ3) is 4.50. The molecule has 3 fully saturated rings. The summed E-state index contributed by atoms with van der Waals surface area (Å²) in [4.78, 5) is 29.3. The molecule has 2 saturated carbocycles. The molecule has 0 aromatic carbocycles. The van der Waals surface area contributed by atoms with Gasteiger partial charge in [0, 0.05) is 44.6 Å². The molecular weight excluding hydrogens is 302 g/mol. The first kappa shape index (κ1) is 17.7. The molecule has 3 aliphatic rings. The average Bonchev–Trinajstić information content (AvgIpc) is 2.95. The first-order valence-corrected chi connectivity index (χ1v) is 9.95. The molecular formula is C19H33N3O2. The lowest BCUT2D eigenvalue weighted by Crippen LogP contribution is -2.42. The normalized spacial score (nSPS) is 29.5. The molecule has 3 rings (SSSR count). The molecule has 1 saturated heterocycles. The van der Waals surface area contributed by atoms with Gasteiger partial charge in [-0.2, -0.15) is 0 Å². The van der Waals surface area contributed by atoms with Gasteiger partial charge < -0.3 is 15.5 Å². The molecule has 2 N–H and O–H groups in total. The van der Waals surface area contributed by atoms with E-state index in [1.807, 2.05) is 9.80 Å². The third-order valence-corrected chi connectivity index (χ3v) is 6.16. The monoisotopic (exact) mass is 335 g/mol. The standard InChI is InChI=1S/C19H33N3O2/c20-17-8-3-7-16(14-17)19(24)22-10-4-9-21(11-12-22)18(23)13-15-5-1-2-6-15/h15-17H,1-14,20H2. The van der Waals surface area contributed by atoms with Gasteiger partial charge in [-0.3, -0.25) is 9.59 Å². The maximum absolute atomic E-state index is 12.8. The summed E-state index contributed by atoms with van der Waals surface area (Å²) in [7, 11) is 0. The summed E-state index contributed by atoms with van der Waals surface area (Å²) in [6.07, 6.45) is 10.5. The fourth-order valence-electron chi connectivity index (χ4n) is 4.69. The number of rotatable bonds is 3. The van der Waals surface area contributed by atoms with Gasteiger partial charge >= 0.3 is 0 Å². The van der Waals surface area contributed by atoms with Crippen LogP contribution < -0.4 is 5.73 Å². The molecule has 2 aliphatic carbocycles. The minimum Gasteiger partial charge on any atom is -0.341 e. The molecule has 2 atom stereocenters. The molecule has 2 unspecified atom stereocenters. The van der Waals surface area contributed by atoms with Gasteiger partial charge in [0.05, 0.1) is 0 Å². The number of carbonyl (C=O) groups excluding carboxylic acids is 2. The molecule has 2 amide bonds. The number of nitrogens with zero attached hydrogens (tertiary/aromatic N) is 2. The van der Waals surface area contributed by atoms with Gasteiger partial charge in [0.15, 0.2) is 0 Å². The van der Waals surface area contributed by atoms with E-state index in [-0.39, 0.29) is 17.9 Å². The zero-order valence-corrected chi connectivity index (χ0v) is 14.9. The molecule has 5 heteroatoms. The van der Waals surface area contributed by atoms with Gasteiger partial charge in [0.1, 0.15) is 0 Å². The Morgan fingerprint density at radius 2 is 1.54 bits per heavy atom. The summed E-state index contributed by atoms with van der Waals surface area (Å²) >= 11 is 0. The second-order valence-corrected chi connectivity index (χ2v) is 8.04. The van der Waals surface area contributed by atoms with Crippen molar-refractivity contribution >= 4 is 11.8 Å². The van der Waals surface area contributed by atoms with Crippen LogP contribution in [0, 0.1) is 11.8 Å². The van der Waals surface area contributed by atoms with Crippen molar-refractivity contribution in [3.63, 3.8) is 0 Å². The van der Waals surface area contributed by atoms with Gasteiger partial charge in [0.2, 0.25) is 11.8 Å². The zero-order chi connectivity index (χ0) is 16.9. The molecule has 0 radical (unpaired) electrons. The van der Waals surface area contributed by atoms with Crippen molar-refractivity contribution in [3.8, 4) is 0 Å². The minimum absolute atomic E-state index is 0.106. The molecule has 136 valence electrons. The van der Waals surface area contributed by atoms with Crippen molar-refractivity contribution in [1.82, 2.24) is 9.80 Å². The van der Waals surface area contributed by atoms with E-state index in [1.165, 1.54) is 25.7 Å². The number of nitrogens with two attached hydrogens (primary N) is 1. The highest BCUT2D eigenvalue weighted by atomic mass is 16.2. The summed E-state index contributed by atoms with van der Waals surface area (Å²) in [5.74, 6) is 1.28. The van der Waals surface area contributed by atoms with Gasteiger partial charge in [-0.25, -0.2) is 0 Å². The van der Waals surface area contributed by atoms with Crippen molar-refractivity contribution in [2.75, 3.05) is 26.2 Å².